The number of methoxy groups -OCH3 is 1. The van der Waals surface area contributed by atoms with Gasteiger partial charge in [0.1, 0.15) is 0 Å². The molecule has 1 amide bonds. The highest BCUT2D eigenvalue weighted by atomic mass is 127. The number of guanidine groups is 1. The standard InChI is InChI=1S/C23H35N5O3.HI/c1-4-24-23(28-16-18(2)20(17-28)22(30)31-3)25-11-10-21(29)27-14-12-26(13-15-27)19-8-6-5-7-9-19;/h5-9,18,20H,4,10-17H2,1-3H3,(H,24,25);1H. The van der Waals surface area contributed by atoms with Gasteiger partial charge in [-0.3, -0.25) is 14.6 Å². The van der Waals surface area contributed by atoms with Crippen LogP contribution in [0.2, 0.25) is 0 Å². The highest BCUT2D eigenvalue weighted by Gasteiger charge is 2.36. The number of carbonyl (C=O) groups is 2. The van der Waals surface area contributed by atoms with Crippen molar-refractivity contribution in [2.45, 2.75) is 20.3 Å². The number of benzene rings is 1. The number of piperazine rings is 1. The first kappa shape index (κ1) is 26.2. The molecule has 1 N–H and O–H groups in total. The number of nitrogens with one attached hydrogen (secondary N) is 1. The maximum Gasteiger partial charge on any atom is 0.310 e. The molecule has 1 aromatic rings. The summed E-state index contributed by atoms with van der Waals surface area (Å²) in [6, 6.07) is 10.3. The van der Waals surface area contributed by atoms with Crippen LogP contribution in [0, 0.1) is 11.8 Å². The third-order valence-electron chi connectivity index (χ3n) is 6.09. The van der Waals surface area contributed by atoms with Crippen LogP contribution in [0.5, 0.6) is 0 Å². The van der Waals surface area contributed by atoms with Crippen molar-refractivity contribution in [3.05, 3.63) is 30.3 Å². The minimum atomic E-state index is -0.171. The van der Waals surface area contributed by atoms with Crippen molar-refractivity contribution in [3.63, 3.8) is 0 Å². The van der Waals surface area contributed by atoms with Crippen molar-refractivity contribution >= 4 is 47.5 Å². The van der Waals surface area contributed by atoms with Crippen LogP contribution < -0.4 is 10.2 Å². The van der Waals surface area contributed by atoms with Gasteiger partial charge in [-0.25, -0.2) is 0 Å². The van der Waals surface area contributed by atoms with Gasteiger partial charge in [-0.2, -0.15) is 0 Å². The first-order chi connectivity index (χ1) is 15.0. The van der Waals surface area contributed by atoms with Crippen molar-refractivity contribution in [3.8, 4) is 0 Å². The topological polar surface area (TPSA) is 77.5 Å². The number of hydrogen-bond donors (Lipinski definition) is 1. The molecule has 2 heterocycles. The van der Waals surface area contributed by atoms with E-state index in [1.165, 1.54) is 12.8 Å². The molecule has 32 heavy (non-hydrogen) atoms. The Hall–Kier alpha value is -2.04. The Labute approximate surface area is 208 Å². The number of carbonyl (C=O) groups excluding carboxylic acids is 2. The maximum absolute atomic E-state index is 12.7. The molecule has 1 aromatic carbocycles. The van der Waals surface area contributed by atoms with E-state index in [0.29, 0.717) is 19.5 Å². The Morgan fingerprint density at radius 1 is 1.09 bits per heavy atom. The molecule has 0 bridgehead atoms. The highest BCUT2D eigenvalue weighted by Crippen LogP contribution is 2.24. The molecule has 178 valence electrons. The summed E-state index contributed by atoms with van der Waals surface area (Å²) in [4.78, 5) is 35.7. The zero-order valence-electron chi connectivity index (χ0n) is 19.3. The average Bonchev–Trinajstić information content (AvgIpc) is 3.20. The van der Waals surface area contributed by atoms with Crippen LogP contribution in [-0.2, 0) is 14.3 Å². The van der Waals surface area contributed by atoms with Gasteiger partial charge in [0.15, 0.2) is 5.96 Å². The number of likely N-dealkylation sites (tertiary alicyclic amines) is 1. The first-order valence-corrected chi connectivity index (χ1v) is 11.2. The molecule has 2 aliphatic rings. The lowest BCUT2D eigenvalue weighted by Gasteiger charge is -2.36. The second kappa shape index (κ2) is 12.9. The van der Waals surface area contributed by atoms with Gasteiger partial charge in [0.05, 0.1) is 19.6 Å². The number of nitrogens with zero attached hydrogens (tertiary/aromatic N) is 4. The van der Waals surface area contributed by atoms with Crippen molar-refractivity contribution in [2.75, 3.05) is 64.4 Å². The van der Waals surface area contributed by atoms with Crippen molar-refractivity contribution in [1.29, 1.82) is 0 Å². The molecule has 0 aromatic heterocycles. The van der Waals surface area contributed by atoms with E-state index in [9.17, 15) is 9.59 Å². The summed E-state index contributed by atoms with van der Waals surface area (Å²) in [5.74, 6) is 0.808. The van der Waals surface area contributed by atoms with E-state index in [-0.39, 0.29) is 47.7 Å². The van der Waals surface area contributed by atoms with Crippen molar-refractivity contribution in [1.82, 2.24) is 15.1 Å². The molecular weight excluding hydrogens is 521 g/mol. The Kier molecular flexibility index (Phi) is 10.5. The molecule has 2 saturated heterocycles. The lowest BCUT2D eigenvalue weighted by Crippen LogP contribution is -2.49. The Morgan fingerprint density at radius 2 is 1.78 bits per heavy atom. The zero-order valence-corrected chi connectivity index (χ0v) is 21.7. The van der Waals surface area contributed by atoms with Gasteiger partial charge in [0, 0.05) is 57.9 Å². The van der Waals surface area contributed by atoms with Crippen LogP contribution in [0.15, 0.2) is 35.3 Å². The van der Waals surface area contributed by atoms with Gasteiger partial charge in [-0.15, -0.1) is 24.0 Å². The van der Waals surface area contributed by atoms with Gasteiger partial charge in [0.2, 0.25) is 5.91 Å². The lowest BCUT2D eigenvalue weighted by molar-refractivity contribution is -0.146. The average molecular weight is 557 g/mol. The summed E-state index contributed by atoms with van der Waals surface area (Å²) in [5.41, 5.74) is 1.21. The number of para-hydroxylation sites is 1. The third kappa shape index (κ3) is 6.73. The van der Waals surface area contributed by atoms with Gasteiger partial charge in [-0.05, 0) is 25.0 Å². The number of ether oxygens (including phenoxy) is 1. The van der Waals surface area contributed by atoms with Crippen LogP contribution in [0.25, 0.3) is 0 Å². The van der Waals surface area contributed by atoms with E-state index in [2.05, 4.69) is 39.2 Å². The van der Waals surface area contributed by atoms with Crippen LogP contribution in [-0.4, -0.2) is 87.1 Å². The predicted octanol–water partition coefficient (Wildman–Crippen LogP) is 2.05. The minimum absolute atomic E-state index is 0. The monoisotopic (exact) mass is 557 g/mol. The summed E-state index contributed by atoms with van der Waals surface area (Å²) in [6.07, 6.45) is 0.393. The zero-order chi connectivity index (χ0) is 22.2. The minimum Gasteiger partial charge on any atom is -0.469 e. The van der Waals surface area contributed by atoms with Crippen LogP contribution in [0.4, 0.5) is 5.69 Å². The van der Waals surface area contributed by atoms with Crippen LogP contribution >= 0.6 is 24.0 Å². The Bertz CT molecular complexity index is 768. The first-order valence-electron chi connectivity index (χ1n) is 11.2. The molecule has 0 aliphatic carbocycles. The van der Waals surface area contributed by atoms with E-state index >= 15 is 0 Å². The van der Waals surface area contributed by atoms with Crippen LogP contribution in [0.1, 0.15) is 20.3 Å². The molecule has 9 heteroatoms. The molecule has 0 radical (unpaired) electrons. The predicted molar refractivity (Wildman–Crippen MR) is 137 cm³/mol. The van der Waals surface area contributed by atoms with E-state index in [1.54, 1.807) is 0 Å². The molecule has 3 rings (SSSR count). The molecule has 8 nitrogen and oxygen atoms in total. The smallest absolute Gasteiger partial charge is 0.310 e. The van der Waals surface area contributed by atoms with E-state index in [1.807, 2.05) is 30.0 Å². The van der Waals surface area contributed by atoms with Crippen molar-refractivity contribution in [2.24, 2.45) is 16.8 Å². The SMILES string of the molecule is CCNC(=NCCC(=O)N1CCN(c2ccccc2)CC1)N1CC(C)C(C(=O)OC)C1.I. The number of rotatable bonds is 6. The van der Waals surface area contributed by atoms with E-state index in [4.69, 9.17) is 4.74 Å². The molecule has 2 fully saturated rings. The van der Waals surface area contributed by atoms with Gasteiger partial charge in [-0.1, -0.05) is 25.1 Å². The fraction of sp³-hybridized carbons (Fsp3) is 0.609. The summed E-state index contributed by atoms with van der Waals surface area (Å²) in [7, 11) is 1.43. The number of amides is 1. The van der Waals surface area contributed by atoms with E-state index < -0.39 is 0 Å². The second-order valence-corrected chi connectivity index (χ2v) is 8.20. The molecular formula is C23H36IN5O3. The number of halogens is 1. The largest absolute Gasteiger partial charge is 0.469 e. The quantitative estimate of drug-likeness (QED) is 0.250. The van der Waals surface area contributed by atoms with Gasteiger partial charge >= 0.3 is 5.97 Å². The summed E-state index contributed by atoms with van der Waals surface area (Å²) in [5, 5.41) is 3.29. The normalized spacial score (nSPS) is 21.2. The molecule has 2 aliphatic heterocycles. The maximum atomic E-state index is 12.7. The number of esters is 1. The molecule has 2 atom stereocenters. The fourth-order valence-corrected chi connectivity index (χ4v) is 4.29. The second-order valence-electron chi connectivity index (χ2n) is 8.20. The highest BCUT2D eigenvalue weighted by molar-refractivity contribution is 14.0. The summed E-state index contributed by atoms with van der Waals surface area (Å²) >= 11 is 0. The molecule has 2 unspecified atom stereocenters. The number of hydrogen-bond acceptors (Lipinski definition) is 5. The molecule has 0 saturated carbocycles. The number of aliphatic imine (C=N–C) groups is 1. The van der Waals surface area contributed by atoms with Gasteiger partial charge < -0.3 is 24.8 Å². The van der Waals surface area contributed by atoms with Gasteiger partial charge in [0.25, 0.3) is 0 Å². The van der Waals surface area contributed by atoms with E-state index in [0.717, 1.165) is 45.2 Å². The third-order valence-corrected chi connectivity index (χ3v) is 6.09. The number of anilines is 1. The van der Waals surface area contributed by atoms with Crippen molar-refractivity contribution < 1.29 is 14.3 Å². The lowest BCUT2D eigenvalue weighted by atomic mass is 9.99. The Morgan fingerprint density at radius 3 is 2.41 bits per heavy atom. The molecule has 0 spiro atoms. The van der Waals surface area contributed by atoms with Crippen LogP contribution in [0.3, 0.4) is 0 Å². The summed E-state index contributed by atoms with van der Waals surface area (Å²) in [6.45, 7) is 9.77. The Balaban J connectivity index is 0.00000363. The fourth-order valence-electron chi connectivity index (χ4n) is 4.29. The summed E-state index contributed by atoms with van der Waals surface area (Å²) < 4.78 is 4.93.